The van der Waals surface area contributed by atoms with Crippen LogP contribution in [0, 0.1) is 0 Å². The van der Waals surface area contributed by atoms with Gasteiger partial charge in [0.1, 0.15) is 30.5 Å². The molecule has 1 rings (SSSR count). The van der Waals surface area contributed by atoms with Gasteiger partial charge in [-0.1, -0.05) is 0 Å². The predicted molar refractivity (Wildman–Crippen MR) is 40.9 cm³/mol. The SMILES string of the molecule is OC[C@@H](O)C1OCC(O)C(O)[C@@H]1O. The Morgan fingerprint density at radius 3 is 2.38 bits per heavy atom. The maximum atomic E-state index is 9.30. The molecule has 0 saturated carbocycles. The molecule has 78 valence electrons. The van der Waals surface area contributed by atoms with Crippen molar-refractivity contribution in [2.45, 2.75) is 30.5 Å². The van der Waals surface area contributed by atoms with E-state index in [0.717, 1.165) is 0 Å². The molecule has 1 aliphatic rings. The van der Waals surface area contributed by atoms with Crippen molar-refractivity contribution in [1.82, 2.24) is 0 Å². The van der Waals surface area contributed by atoms with Gasteiger partial charge in [-0.2, -0.15) is 0 Å². The first-order valence-electron chi connectivity index (χ1n) is 4.02. The Morgan fingerprint density at radius 2 is 1.85 bits per heavy atom. The van der Waals surface area contributed by atoms with E-state index >= 15 is 0 Å². The van der Waals surface area contributed by atoms with Crippen LogP contribution in [-0.2, 0) is 4.74 Å². The molecule has 0 radical (unpaired) electrons. The molecule has 0 spiro atoms. The van der Waals surface area contributed by atoms with E-state index in [4.69, 9.17) is 20.1 Å². The number of hydrogen-bond donors (Lipinski definition) is 5. The number of rotatable bonds is 2. The minimum Gasteiger partial charge on any atom is -0.394 e. The van der Waals surface area contributed by atoms with E-state index in [1.165, 1.54) is 0 Å². The average molecular weight is 194 g/mol. The molecule has 0 aliphatic carbocycles. The minimum atomic E-state index is -1.38. The molecule has 0 aromatic rings. The van der Waals surface area contributed by atoms with Crippen LogP contribution in [0.2, 0.25) is 0 Å². The van der Waals surface area contributed by atoms with Crippen molar-refractivity contribution in [3.05, 3.63) is 0 Å². The molecular formula is C7H14O6. The van der Waals surface area contributed by atoms with E-state index in [-0.39, 0.29) is 6.61 Å². The lowest BCUT2D eigenvalue weighted by Crippen LogP contribution is -2.57. The second kappa shape index (κ2) is 4.32. The smallest absolute Gasteiger partial charge is 0.114 e. The van der Waals surface area contributed by atoms with Crippen molar-refractivity contribution in [1.29, 1.82) is 0 Å². The number of aliphatic hydroxyl groups excluding tert-OH is 5. The van der Waals surface area contributed by atoms with Crippen molar-refractivity contribution in [2.75, 3.05) is 13.2 Å². The number of aliphatic hydroxyl groups is 5. The first kappa shape index (κ1) is 10.8. The van der Waals surface area contributed by atoms with Crippen LogP contribution in [0.15, 0.2) is 0 Å². The molecule has 1 heterocycles. The summed E-state index contributed by atoms with van der Waals surface area (Å²) in [6.07, 6.45) is -6.19. The third-order valence-electron chi connectivity index (χ3n) is 2.11. The summed E-state index contributed by atoms with van der Waals surface area (Å²) in [5.41, 5.74) is 0. The van der Waals surface area contributed by atoms with E-state index in [9.17, 15) is 10.2 Å². The van der Waals surface area contributed by atoms with Crippen molar-refractivity contribution < 1.29 is 30.3 Å². The Bertz CT molecular complexity index is 163. The van der Waals surface area contributed by atoms with Crippen LogP contribution in [0.5, 0.6) is 0 Å². The van der Waals surface area contributed by atoms with E-state index in [2.05, 4.69) is 0 Å². The quantitative estimate of drug-likeness (QED) is 0.317. The Kier molecular flexibility index (Phi) is 3.60. The molecule has 6 nitrogen and oxygen atoms in total. The van der Waals surface area contributed by atoms with Crippen LogP contribution in [0.25, 0.3) is 0 Å². The zero-order valence-corrected chi connectivity index (χ0v) is 6.95. The Hall–Kier alpha value is -0.240. The monoisotopic (exact) mass is 194 g/mol. The lowest BCUT2D eigenvalue weighted by Gasteiger charge is -2.36. The van der Waals surface area contributed by atoms with Gasteiger partial charge in [-0.25, -0.2) is 0 Å². The first-order chi connectivity index (χ1) is 6.07. The molecule has 1 saturated heterocycles. The summed E-state index contributed by atoms with van der Waals surface area (Å²) < 4.78 is 4.86. The number of ether oxygens (including phenoxy) is 1. The van der Waals surface area contributed by atoms with Gasteiger partial charge in [0.2, 0.25) is 0 Å². The maximum absolute atomic E-state index is 9.30. The van der Waals surface area contributed by atoms with Crippen molar-refractivity contribution >= 4 is 0 Å². The molecule has 13 heavy (non-hydrogen) atoms. The molecule has 5 atom stereocenters. The minimum absolute atomic E-state index is 0.167. The summed E-state index contributed by atoms with van der Waals surface area (Å²) in [4.78, 5) is 0. The van der Waals surface area contributed by atoms with Gasteiger partial charge in [0.15, 0.2) is 0 Å². The fourth-order valence-electron chi connectivity index (χ4n) is 1.27. The van der Waals surface area contributed by atoms with Crippen LogP contribution >= 0.6 is 0 Å². The summed E-state index contributed by atoms with van der Waals surface area (Å²) in [6.45, 7) is -0.732. The molecule has 0 bridgehead atoms. The highest BCUT2D eigenvalue weighted by Crippen LogP contribution is 2.17. The molecule has 1 aliphatic heterocycles. The summed E-state index contributed by atoms with van der Waals surface area (Å²) in [6, 6.07) is 0. The van der Waals surface area contributed by atoms with Gasteiger partial charge in [-0.3, -0.25) is 0 Å². The van der Waals surface area contributed by atoms with Crippen LogP contribution in [0.3, 0.4) is 0 Å². The lowest BCUT2D eigenvalue weighted by molar-refractivity contribution is -0.214. The molecule has 0 aromatic carbocycles. The molecular weight excluding hydrogens is 180 g/mol. The largest absolute Gasteiger partial charge is 0.394 e. The van der Waals surface area contributed by atoms with Crippen LogP contribution in [0.4, 0.5) is 0 Å². The number of hydrogen-bond acceptors (Lipinski definition) is 6. The highest BCUT2D eigenvalue weighted by atomic mass is 16.5. The molecule has 3 unspecified atom stereocenters. The second-order valence-electron chi connectivity index (χ2n) is 3.10. The molecule has 0 aromatic heterocycles. The third kappa shape index (κ3) is 2.16. The lowest BCUT2D eigenvalue weighted by atomic mass is 9.97. The predicted octanol–water partition coefficient (Wildman–Crippen LogP) is -3.18. The van der Waals surface area contributed by atoms with Gasteiger partial charge >= 0.3 is 0 Å². The molecule has 6 heteroatoms. The third-order valence-corrected chi connectivity index (χ3v) is 2.11. The van der Waals surface area contributed by atoms with Gasteiger partial charge in [0, 0.05) is 0 Å². The van der Waals surface area contributed by atoms with Crippen molar-refractivity contribution in [3.63, 3.8) is 0 Å². The van der Waals surface area contributed by atoms with E-state index in [1.54, 1.807) is 0 Å². The Balaban J connectivity index is 2.58. The molecule has 5 N–H and O–H groups in total. The first-order valence-corrected chi connectivity index (χ1v) is 4.02. The van der Waals surface area contributed by atoms with E-state index in [0.29, 0.717) is 0 Å². The van der Waals surface area contributed by atoms with Crippen molar-refractivity contribution in [3.8, 4) is 0 Å². The van der Waals surface area contributed by atoms with Gasteiger partial charge < -0.3 is 30.3 Å². The van der Waals surface area contributed by atoms with Gasteiger partial charge in [0.05, 0.1) is 13.2 Å². The van der Waals surface area contributed by atoms with Crippen molar-refractivity contribution in [2.24, 2.45) is 0 Å². The molecule has 0 amide bonds. The van der Waals surface area contributed by atoms with Crippen LogP contribution in [-0.4, -0.2) is 69.3 Å². The maximum Gasteiger partial charge on any atom is 0.114 e. The zero-order valence-electron chi connectivity index (χ0n) is 6.95. The fraction of sp³-hybridized carbons (Fsp3) is 1.00. The highest BCUT2D eigenvalue weighted by Gasteiger charge is 2.40. The van der Waals surface area contributed by atoms with E-state index in [1.807, 2.05) is 0 Å². The average Bonchev–Trinajstić information content (AvgIpc) is 2.13. The standard InChI is InChI=1S/C7H14O6/c8-1-3(9)7-6(12)5(11)4(10)2-13-7/h3-12H,1-2H2/t3-,4?,5?,6+,7?/m1/s1. The topological polar surface area (TPSA) is 110 Å². The summed E-state index contributed by atoms with van der Waals surface area (Å²) in [5, 5.41) is 45.2. The summed E-state index contributed by atoms with van der Waals surface area (Å²) >= 11 is 0. The van der Waals surface area contributed by atoms with Gasteiger partial charge in [-0.15, -0.1) is 0 Å². The van der Waals surface area contributed by atoms with Crippen LogP contribution in [0.1, 0.15) is 0 Å². The zero-order chi connectivity index (χ0) is 10.0. The highest BCUT2D eigenvalue weighted by molar-refractivity contribution is 4.89. The Morgan fingerprint density at radius 1 is 1.23 bits per heavy atom. The van der Waals surface area contributed by atoms with Crippen LogP contribution < -0.4 is 0 Å². The fourth-order valence-corrected chi connectivity index (χ4v) is 1.27. The second-order valence-corrected chi connectivity index (χ2v) is 3.10. The normalized spacial score (nSPS) is 43.2. The molecule has 1 fully saturated rings. The Labute approximate surface area is 75.0 Å². The van der Waals surface area contributed by atoms with Gasteiger partial charge in [0.25, 0.3) is 0 Å². The van der Waals surface area contributed by atoms with Gasteiger partial charge in [-0.05, 0) is 0 Å². The summed E-state index contributed by atoms with van der Waals surface area (Å²) in [5.74, 6) is 0. The summed E-state index contributed by atoms with van der Waals surface area (Å²) in [7, 11) is 0. The van der Waals surface area contributed by atoms with E-state index < -0.39 is 37.1 Å².